The zero-order valence-corrected chi connectivity index (χ0v) is 12.7. The van der Waals surface area contributed by atoms with Crippen molar-refractivity contribution < 1.29 is 14.7 Å². The van der Waals surface area contributed by atoms with Crippen molar-refractivity contribution in [2.45, 2.75) is 38.6 Å². The number of para-hydroxylation sites is 1. The molecule has 0 bridgehead atoms. The number of hydrogen-bond acceptors (Lipinski definition) is 3. The summed E-state index contributed by atoms with van der Waals surface area (Å²) in [5, 5.41) is 12.1. The van der Waals surface area contributed by atoms with Crippen LogP contribution in [0.1, 0.15) is 38.7 Å². The maximum absolute atomic E-state index is 12.9. The first-order valence-corrected chi connectivity index (χ1v) is 7.17. The number of fused-ring (bicyclic) bond motifs is 1. The molecule has 0 fully saturated rings. The van der Waals surface area contributed by atoms with E-state index in [2.05, 4.69) is 5.32 Å². The lowest BCUT2D eigenvalue weighted by molar-refractivity contribution is -0.141. The van der Waals surface area contributed by atoms with Crippen LogP contribution in [0.2, 0.25) is 0 Å². The molecule has 5 nitrogen and oxygen atoms in total. The van der Waals surface area contributed by atoms with E-state index in [-0.39, 0.29) is 24.8 Å². The molecule has 2 rings (SSSR count). The number of amides is 1. The second-order valence-corrected chi connectivity index (χ2v) is 6.33. The third-order valence-corrected chi connectivity index (χ3v) is 3.76. The fourth-order valence-corrected chi connectivity index (χ4v) is 2.68. The van der Waals surface area contributed by atoms with E-state index in [1.54, 1.807) is 4.90 Å². The number of aliphatic carboxylic acids is 1. The van der Waals surface area contributed by atoms with Gasteiger partial charge in [-0.15, -0.1) is 0 Å². The van der Waals surface area contributed by atoms with Gasteiger partial charge in [-0.3, -0.25) is 9.59 Å². The lowest BCUT2D eigenvalue weighted by atomic mass is 9.96. The Morgan fingerprint density at radius 1 is 1.33 bits per heavy atom. The first kappa shape index (κ1) is 15.4. The third-order valence-electron chi connectivity index (χ3n) is 3.76. The smallest absolute Gasteiger partial charge is 0.305 e. The van der Waals surface area contributed by atoms with Gasteiger partial charge in [0, 0.05) is 24.3 Å². The second kappa shape index (κ2) is 5.76. The second-order valence-electron chi connectivity index (χ2n) is 6.33. The molecule has 1 aromatic carbocycles. The molecule has 2 N–H and O–H groups in total. The van der Waals surface area contributed by atoms with Gasteiger partial charge in [0.15, 0.2) is 0 Å². The van der Waals surface area contributed by atoms with Gasteiger partial charge in [-0.2, -0.15) is 0 Å². The first-order valence-electron chi connectivity index (χ1n) is 7.17. The van der Waals surface area contributed by atoms with Gasteiger partial charge < -0.3 is 15.3 Å². The molecule has 1 aromatic rings. The molecular formula is C16H22N2O3. The molecule has 1 amide bonds. The monoisotopic (exact) mass is 290 g/mol. The zero-order valence-electron chi connectivity index (χ0n) is 12.7. The number of rotatable bonds is 4. The highest BCUT2D eigenvalue weighted by Crippen LogP contribution is 2.33. The Labute approximate surface area is 125 Å². The highest BCUT2D eigenvalue weighted by molar-refractivity contribution is 5.89. The number of carboxylic acid groups (broad SMARTS) is 1. The number of carbonyl (C=O) groups excluding carboxylic acids is 1. The van der Waals surface area contributed by atoms with Crippen LogP contribution >= 0.6 is 0 Å². The van der Waals surface area contributed by atoms with Crippen LogP contribution in [0.25, 0.3) is 0 Å². The van der Waals surface area contributed by atoms with Gasteiger partial charge in [0.25, 0.3) is 0 Å². The molecule has 21 heavy (non-hydrogen) atoms. The average molecular weight is 290 g/mol. The molecule has 1 unspecified atom stereocenters. The van der Waals surface area contributed by atoms with E-state index in [9.17, 15) is 9.59 Å². The molecule has 0 radical (unpaired) electrons. The van der Waals surface area contributed by atoms with Gasteiger partial charge in [-0.25, -0.2) is 0 Å². The summed E-state index contributed by atoms with van der Waals surface area (Å²) in [6.45, 7) is 6.59. The minimum absolute atomic E-state index is 0.0128. The number of carboxylic acids is 1. The quantitative estimate of drug-likeness (QED) is 0.892. The standard InChI is InChI=1S/C16H22N2O3/c1-16(2,3)18(9-8-14(19)20)15(21)12-10-17-13-7-5-4-6-11(12)13/h4-7,12,17H,8-10H2,1-3H3,(H,19,20). The Bertz CT molecular complexity index is 549. The molecule has 1 heterocycles. The molecule has 0 saturated heterocycles. The zero-order chi connectivity index (χ0) is 15.6. The summed E-state index contributed by atoms with van der Waals surface area (Å²) in [6, 6.07) is 7.77. The van der Waals surface area contributed by atoms with E-state index < -0.39 is 11.5 Å². The van der Waals surface area contributed by atoms with Crippen LogP contribution in [0.3, 0.4) is 0 Å². The predicted octanol–water partition coefficient (Wildman–Crippen LogP) is 2.30. The van der Waals surface area contributed by atoms with Crippen LogP contribution in [0.15, 0.2) is 24.3 Å². The van der Waals surface area contributed by atoms with E-state index in [0.29, 0.717) is 6.54 Å². The third kappa shape index (κ3) is 3.35. The number of benzene rings is 1. The maximum atomic E-state index is 12.9. The number of hydrogen-bond donors (Lipinski definition) is 2. The number of nitrogens with one attached hydrogen (secondary N) is 1. The van der Waals surface area contributed by atoms with E-state index in [4.69, 9.17) is 5.11 Å². The first-order chi connectivity index (χ1) is 9.80. The van der Waals surface area contributed by atoms with E-state index in [0.717, 1.165) is 11.3 Å². The average Bonchev–Trinajstić information content (AvgIpc) is 2.80. The molecule has 1 aliphatic rings. The van der Waals surface area contributed by atoms with Crippen LogP contribution in [0, 0.1) is 0 Å². The molecule has 114 valence electrons. The molecular weight excluding hydrogens is 268 g/mol. The molecule has 5 heteroatoms. The van der Waals surface area contributed by atoms with Gasteiger partial charge >= 0.3 is 5.97 Å². The molecule has 0 spiro atoms. The van der Waals surface area contributed by atoms with Crippen LogP contribution in [0.5, 0.6) is 0 Å². The lowest BCUT2D eigenvalue weighted by Crippen LogP contribution is -2.48. The summed E-state index contributed by atoms with van der Waals surface area (Å²) in [5.74, 6) is -1.14. The highest BCUT2D eigenvalue weighted by Gasteiger charge is 2.36. The van der Waals surface area contributed by atoms with Crippen molar-refractivity contribution in [3.8, 4) is 0 Å². The number of anilines is 1. The Balaban J connectivity index is 2.21. The van der Waals surface area contributed by atoms with Crippen LogP contribution in [-0.2, 0) is 9.59 Å². The molecule has 1 atom stereocenters. The SMILES string of the molecule is CC(C)(C)N(CCC(=O)O)C(=O)C1CNc2ccccc21. The van der Waals surface area contributed by atoms with Crippen molar-refractivity contribution in [1.82, 2.24) is 4.90 Å². The Kier molecular flexibility index (Phi) is 4.21. The summed E-state index contributed by atoms with van der Waals surface area (Å²) in [6.07, 6.45) is -0.0369. The normalized spacial score (nSPS) is 17.0. The van der Waals surface area contributed by atoms with Gasteiger partial charge in [0.1, 0.15) is 0 Å². The largest absolute Gasteiger partial charge is 0.481 e. The van der Waals surface area contributed by atoms with E-state index >= 15 is 0 Å². The Morgan fingerprint density at radius 3 is 2.62 bits per heavy atom. The topological polar surface area (TPSA) is 69.6 Å². The van der Waals surface area contributed by atoms with E-state index in [1.165, 1.54) is 0 Å². The minimum Gasteiger partial charge on any atom is -0.481 e. The summed E-state index contributed by atoms with van der Waals surface area (Å²) in [7, 11) is 0. The molecule has 1 aliphatic heterocycles. The van der Waals surface area contributed by atoms with Gasteiger partial charge in [-0.1, -0.05) is 18.2 Å². The highest BCUT2D eigenvalue weighted by atomic mass is 16.4. The Hall–Kier alpha value is -2.04. The van der Waals surface area contributed by atoms with Crippen molar-refractivity contribution in [3.63, 3.8) is 0 Å². The summed E-state index contributed by atoms with van der Waals surface area (Å²) < 4.78 is 0. The van der Waals surface area contributed by atoms with Crippen LogP contribution in [0.4, 0.5) is 5.69 Å². The summed E-state index contributed by atoms with van der Waals surface area (Å²) >= 11 is 0. The minimum atomic E-state index is -0.887. The van der Waals surface area contributed by atoms with Crippen LogP contribution in [-0.4, -0.2) is 40.5 Å². The van der Waals surface area contributed by atoms with Gasteiger partial charge in [-0.05, 0) is 32.4 Å². The van der Waals surface area contributed by atoms with Crippen molar-refractivity contribution in [2.75, 3.05) is 18.4 Å². The summed E-state index contributed by atoms with van der Waals surface area (Å²) in [4.78, 5) is 25.4. The molecule has 0 saturated carbocycles. The van der Waals surface area contributed by atoms with Crippen molar-refractivity contribution in [3.05, 3.63) is 29.8 Å². The van der Waals surface area contributed by atoms with Gasteiger partial charge in [0.05, 0.1) is 12.3 Å². The van der Waals surface area contributed by atoms with Crippen molar-refractivity contribution >= 4 is 17.6 Å². The number of carbonyl (C=O) groups is 2. The lowest BCUT2D eigenvalue weighted by Gasteiger charge is -2.37. The van der Waals surface area contributed by atoms with Gasteiger partial charge in [0.2, 0.25) is 5.91 Å². The van der Waals surface area contributed by atoms with Crippen molar-refractivity contribution in [1.29, 1.82) is 0 Å². The predicted molar refractivity (Wildman–Crippen MR) is 81.4 cm³/mol. The maximum Gasteiger partial charge on any atom is 0.305 e. The van der Waals surface area contributed by atoms with E-state index in [1.807, 2.05) is 45.0 Å². The number of nitrogens with zero attached hydrogens (tertiary/aromatic N) is 1. The summed E-state index contributed by atoms with van der Waals surface area (Å²) in [5.41, 5.74) is 1.58. The Morgan fingerprint density at radius 2 is 2.00 bits per heavy atom. The fraction of sp³-hybridized carbons (Fsp3) is 0.500. The van der Waals surface area contributed by atoms with Crippen LogP contribution < -0.4 is 5.32 Å². The molecule has 0 aliphatic carbocycles. The van der Waals surface area contributed by atoms with Crippen molar-refractivity contribution in [2.24, 2.45) is 0 Å². The molecule has 0 aromatic heterocycles. The fourth-order valence-electron chi connectivity index (χ4n) is 2.68.